The van der Waals surface area contributed by atoms with Gasteiger partial charge < -0.3 is 21.5 Å². The fraction of sp³-hybridized carbons (Fsp3) is 0.143. The van der Waals surface area contributed by atoms with Crippen LogP contribution in [0.2, 0.25) is 0 Å². The summed E-state index contributed by atoms with van der Waals surface area (Å²) in [6.07, 6.45) is 1.49. The minimum Gasteiger partial charge on any atom is -0.496 e. The van der Waals surface area contributed by atoms with E-state index in [9.17, 15) is 9.59 Å². The summed E-state index contributed by atoms with van der Waals surface area (Å²) in [5, 5.41) is 2.87. The van der Waals surface area contributed by atoms with Crippen molar-refractivity contribution in [2.75, 3.05) is 7.11 Å². The lowest BCUT2D eigenvalue weighted by atomic mass is 10.1. The van der Waals surface area contributed by atoms with Gasteiger partial charge in [-0.25, -0.2) is 4.98 Å². The molecule has 0 saturated carbocycles. The van der Waals surface area contributed by atoms with E-state index in [0.29, 0.717) is 34.8 Å². The van der Waals surface area contributed by atoms with Crippen molar-refractivity contribution in [3.05, 3.63) is 77.2 Å². The molecule has 0 bridgehead atoms. The number of primary amides is 1. The fourth-order valence-corrected chi connectivity index (χ4v) is 2.82. The Morgan fingerprint density at radius 2 is 1.90 bits per heavy atom. The topological polar surface area (TPSA) is 133 Å². The van der Waals surface area contributed by atoms with Crippen LogP contribution >= 0.6 is 0 Å². The zero-order valence-corrected chi connectivity index (χ0v) is 15.9. The van der Waals surface area contributed by atoms with Crippen molar-refractivity contribution < 1.29 is 14.3 Å². The first-order valence-electron chi connectivity index (χ1n) is 8.89. The van der Waals surface area contributed by atoms with Crippen molar-refractivity contribution in [3.8, 4) is 17.0 Å². The molecule has 1 heterocycles. The van der Waals surface area contributed by atoms with Gasteiger partial charge in [-0.05, 0) is 23.8 Å². The summed E-state index contributed by atoms with van der Waals surface area (Å²) >= 11 is 0. The number of rotatable bonds is 7. The Labute approximate surface area is 167 Å². The number of hydrogen-bond acceptors (Lipinski definition) is 6. The molecule has 5 N–H and O–H groups in total. The molecule has 148 valence electrons. The van der Waals surface area contributed by atoms with Gasteiger partial charge in [0, 0.05) is 18.7 Å². The van der Waals surface area contributed by atoms with E-state index >= 15 is 0 Å². The van der Waals surface area contributed by atoms with Crippen LogP contribution in [0.15, 0.2) is 54.7 Å². The molecule has 0 fully saturated rings. The smallest absolute Gasteiger partial charge is 0.269 e. The molecular formula is C21H21N5O3. The molecule has 2 aromatic carbocycles. The van der Waals surface area contributed by atoms with E-state index in [2.05, 4.69) is 15.3 Å². The number of aromatic nitrogens is 2. The molecule has 1 aromatic heterocycles. The van der Waals surface area contributed by atoms with Crippen molar-refractivity contribution in [1.82, 2.24) is 15.3 Å². The zero-order valence-electron chi connectivity index (χ0n) is 15.9. The molecule has 0 aliphatic rings. The maximum absolute atomic E-state index is 12.7. The third-order valence-electron chi connectivity index (χ3n) is 4.31. The van der Waals surface area contributed by atoms with E-state index in [-0.39, 0.29) is 18.1 Å². The fourth-order valence-electron chi connectivity index (χ4n) is 2.82. The molecule has 0 saturated heterocycles. The summed E-state index contributed by atoms with van der Waals surface area (Å²) in [6.45, 7) is 0.422. The Morgan fingerprint density at radius 1 is 1.14 bits per heavy atom. The van der Waals surface area contributed by atoms with Gasteiger partial charge in [-0.3, -0.25) is 14.6 Å². The number of hydrogen-bond donors (Lipinski definition) is 3. The Bertz CT molecular complexity index is 1040. The first-order valence-corrected chi connectivity index (χ1v) is 8.89. The first kappa shape index (κ1) is 20.0. The van der Waals surface area contributed by atoms with Crippen LogP contribution in [0, 0.1) is 0 Å². The lowest BCUT2D eigenvalue weighted by Gasteiger charge is -2.12. The number of ether oxygens (including phenoxy) is 1. The van der Waals surface area contributed by atoms with E-state index in [1.807, 2.05) is 30.3 Å². The normalized spacial score (nSPS) is 10.4. The standard InChI is InChI=1S/C21H21N5O3/c1-29-18-8-7-14(17-12-24-16(10-22)19(26-17)20(23)27)9-15(18)21(28)25-11-13-5-3-2-4-6-13/h2-9,12H,10-11,22H2,1H3,(H2,23,27)(H,25,28). The minimum atomic E-state index is -0.714. The van der Waals surface area contributed by atoms with Gasteiger partial charge in [0.2, 0.25) is 0 Å². The van der Waals surface area contributed by atoms with Crippen molar-refractivity contribution in [3.63, 3.8) is 0 Å². The number of methoxy groups -OCH3 is 1. The predicted octanol–water partition coefficient (Wildman–Crippen LogP) is 1.64. The van der Waals surface area contributed by atoms with Crippen LogP contribution in [0.3, 0.4) is 0 Å². The third kappa shape index (κ3) is 4.56. The molecule has 8 nitrogen and oxygen atoms in total. The summed E-state index contributed by atoms with van der Waals surface area (Å²) < 4.78 is 5.32. The van der Waals surface area contributed by atoms with E-state index < -0.39 is 5.91 Å². The highest BCUT2D eigenvalue weighted by atomic mass is 16.5. The highest BCUT2D eigenvalue weighted by molar-refractivity contribution is 5.98. The second kappa shape index (κ2) is 8.94. The summed E-state index contributed by atoms with van der Waals surface area (Å²) in [5.74, 6) is -0.593. The van der Waals surface area contributed by atoms with Gasteiger partial charge in [0.25, 0.3) is 11.8 Å². The summed E-state index contributed by atoms with van der Waals surface area (Å²) in [7, 11) is 1.49. The van der Waals surface area contributed by atoms with Crippen LogP contribution in [-0.4, -0.2) is 28.9 Å². The van der Waals surface area contributed by atoms with Gasteiger partial charge in [0.05, 0.1) is 30.3 Å². The average Bonchev–Trinajstić information content (AvgIpc) is 2.77. The molecule has 0 atom stereocenters. The average molecular weight is 391 g/mol. The van der Waals surface area contributed by atoms with Gasteiger partial charge in [0.15, 0.2) is 5.69 Å². The Hall–Kier alpha value is -3.78. The SMILES string of the molecule is COc1ccc(-c2cnc(CN)c(C(N)=O)n2)cc1C(=O)NCc1ccccc1. The van der Waals surface area contributed by atoms with Crippen molar-refractivity contribution >= 4 is 11.8 Å². The molecule has 0 aliphatic heterocycles. The zero-order chi connectivity index (χ0) is 20.8. The maximum Gasteiger partial charge on any atom is 0.269 e. The first-order chi connectivity index (χ1) is 14.0. The number of nitrogens with two attached hydrogens (primary N) is 2. The van der Waals surface area contributed by atoms with Gasteiger partial charge >= 0.3 is 0 Å². The van der Waals surface area contributed by atoms with Gasteiger partial charge in [0.1, 0.15) is 5.75 Å². The van der Waals surface area contributed by atoms with Crippen molar-refractivity contribution in [2.24, 2.45) is 11.5 Å². The van der Waals surface area contributed by atoms with Gasteiger partial charge in [-0.1, -0.05) is 30.3 Å². The lowest BCUT2D eigenvalue weighted by molar-refractivity contribution is 0.0946. The Kier molecular flexibility index (Phi) is 6.16. The summed E-state index contributed by atoms with van der Waals surface area (Å²) in [6, 6.07) is 14.6. The number of carbonyl (C=O) groups is 2. The van der Waals surface area contributed by atoms with Crippen LogP contribution < -0.4 is 21.5 Å². The highest BCUT2D eigenvalue weighted by Gasteiger charge is 2.17. The van der Waals surface area contributed by atoms with Crippen LogP contribution in [0.1, 0.15) is 32.1 Å². The second-order valence-electron chi connectivity index (χ2n) is 6.20. The predicted molar refractivity (Wildman–Crippen MR) is 108 cm³/mol. The summed E-state index contributed by atoms with van der Waals surface area (Å²) in [5.41, 5.74) is 13.6. The molecule has 8 heteroatoms. The molecule has 2 amide bonds. The molecule has 0 radical (unpaired) electrons. The van der Waals surface area contributed by atoms with Crippen molar-refractivity contribution in [2.45, 2.75) is 13.1 Å². The minimum absolute atomic E-state index is 0.0101. The molecular weight excluding hydrogens is 370 g/mol. The number of amides is 2. The van der Waals surface area contributed by atoms with E-state index in [1.54, 1.807) is 18.2 Å². The highest BCUT2D eigenvalue weighted by Crippen LogP contribution is 2.26. The Morgan fingerprint density at radius 3 is 2.55 bits per heavy atom. The van der Waals surface area contributed by atoms with Gasteiger partial charge in [-0.2, -0.15) is 0 Å². The number of nitrogens with one attached hydrogen (secondary N) is 1. The molecule has 29 heavy (non-hydrogen) atoms. The molecule has 0 spiro atoms. The quantitative estimate of drug-likeness (QED) is 0.561. The van der Waals surface area contributed by atoms with E-state index in [1.165, 1.54) is 13.3 Å². The maximum atomic E-state index is 12.7. The van der Waals surface area contributed by atoms with E-state index in [0.717, 1.165) is 5.56 Å². The number of nitrogens with zero attached hydrogens (tertiary/aromatic N) is 2. The second-order valence-corrected chi connectivity index (χ2v) is 6.20. The largest absolute Gasteiger partial charge is 0.496 e. The number of benzene rings is 2. The molecule has 3 rings (SSSR count). The molecule has 0 aliphatic carbocycles. The van der Waals surface area contributed by atoms with Crippen LogP contribution in [-0.2, 0) is 13.1 Å². The van der Waals surface area contributed by atoms with Crippen molar-refractivity contribution in [1.29, 1.82) is 0 Å². The van der Waals surface area contributed by atoms with Crippen LogP contribution in [0.5, 0.6) is 5.75 Å². The number of carbonyl (C=O) groups excluding carboxylic acids is 2. The van der Waals surface area contributed by atoms with Crippen LogP contribution in [0.4, 0.5) is 0 Å². The van der Waals surface area contributed by atoms with Gasteiger partial charge in [-0.15, -0.1) is 0 Å². The van der Waals surface area contributed by atoms with E-state index in [4.69, 9.17) is 16.2 Å². The molecule has 0 unspecified atom stereocenters. The Balaban J connectivity index is 1.91. The monoisotopic (exact) mass is 391 g/mol. The van der Waals surface area contributed by atoms with Crippen LogP contribution in [0.25, 0.3) is 11.3 Å². The summed E-state index contributed by atoms with van der Waals surface area (Å²) in [4.78, 5) is 32.8. The third-order valence-corrected chi connectivity index (χ3v) is 4.31. The lowest BCUT2D eigenvalue weighted by Crippen LogP contribution is -2.23. The molecule has 3 aromatic rings.